The average Bonchev–Trinajstić information content (AvgIpc) is 2.61. The Balaban J connectivity index is 2.56. The number of carbonyl (C=O) groups excluding carboxylic acids is 1. The maximum atomic E-state index is 10.6. The molecule has 14 heavy (non-hydrogen) atoms. The van der Waals surface area contributed by atoms with E-state index in [1.807, 2.05) is 30.3 Å². The van der Waals surface area contributed by atoms with Crippen molar-refractivity contribution >= 4 is 17.9 Å². The molecule has 3 nitrogen and oxygen atoms in total. The van der Waals surface area contributed by atoms with Crippen LogP contribution in [0.2, 0.25) is 5.35 Å². The molecule has 4 heteroatoms. The minimum atomic E-state index is -0.0223. The molecule has 1 heterocycles. The number of halogens is 1. The minimum Gasteiger partial charge on any atom is -0.427 e. The van der Waals surface area contributed by atoms with Crippen LogP contribution in [0.15, 0.2) is 34.7 Å². The molecule has 0 amide bonds. The second-order valence-electron chi connectivity index (χ2n) is 2.67. The number of aromatic nitrogens is 1. The summed E-state index contributed by atoms with van der Waals surface area (Å²) < 4.78 is 5.11. The van der Waals surface area contributed by atoms with E-state index in [2.05, 4.69) is 4.98 Å². The summed E-state index contributed by atoms with van der Waals surface area (Å²) in [4.78, 5) is 14.4. The van der Waals surface area contributed by atoms with E-state index >= 15 is 0 Å². The normalized spacial score (nSPS) is 10.1. The first kappa shape index (κ1) is 8.97. The smallest absolute Gasteiger partial charge is 0.293 e. The molecule has 1 aromatic heterocycles. The van der Waals surface area contributed by atoms with Crippen molar-refractivity contribution in [1.29, 1.82) is 0 Å². The molecule has 1 aromatic carbocycles. The Hall–Kier alpha value is -1.61. The van der Waals surface area contributed by atoms with Crippen LogP contribution in [0.1, 0.15) is 10.5 Å². The van der Waals surface area contributed by atoms with Crippen molar-refractivity contribution in [1.82, 2.24) is 4.98 Å². The number of hydrogen-bond donors (Lipinski definition) is 0. The van der Waals surface area contributed by atoms with Crippen molar-refractivity contribution in [3.05, 3.63) is 41.4 Å². The van der Waals surface area contributed by atoms with Gasteiger partial charge in [0.25, 0.3) is 5.35 Å². The Bertz CT molecular complexity index is 450. The van der Waals surface area contributed by atoms with Gasteiger partial charge in [-0.1, -0.05) is 30.3 Å². The molecule has 0 spiro atoms. The van der Waals surface area contributed by atoms with Gasteiger partial charge in [-0.2, -0.15) is 4.98 Å². The zero-order valence-corrected chi connectivity index (χ0v) is 7.86. The highest BCUT2D eigenvalue weighted by Crippen LogP contribution is 2.25. The van der Waals surface area contributed by atoms with E-state index in [-0.39, 0.29) is 11.0 Å². The molecule has 0 bridgehead atoms. The molecule has 0 N–H and O–H groups in total. The number of carbonyl (C=O) groups is 1. The summed E-state index contributed by atoms with van der Waals surface area (Å²) in [6.07, 6.45) is 0.623. The molecule has 0 saturated carbocycles. The lowest BCUT2D eigenvalue weighted by Gasteiger charge is -1.94. The predicted molar refractivity (Wildman–Crippen MR) is 52.3 cm³/mol. The number of rotatable bonds is 2. The van der Waals surface area contributed by atoms with Crippen LogP contribution in [0.3, 0.4) is 0 Å². The highest BCUT2D eigenvalue weighted by atomic mass is 35.5. The third kappa shape index (κ3) is 1.54. The molecule has 0 radical (unpaired) electrons. The first-order valence-electron chi connectivity index (χ1n) is 3.98. The van der Waals surface area contributed by atoms with Crippen LogP contribution < -0.4 is 0 Å². The zero-order valence-electron chi connectivity index (χ0n) is 7.11. The van der Waals surface area contributed by atoms with Crippen LogP contribution in [0.4, 0.5) is 0 Å². The van der Waals surface area contributed by atoms with Crippen LogP contribution in [0, 0.1) is 0 Å². The second-order valence-corrected chi connectivity index (χ2v) is 2.99. The number of oxazole rings is 1. The third-order valence-electron chi connectivity index (χ3n) is 1.77. The lowest BCUT2D eigenvalue weighted by molar-refractivity contribution is 0.112. The van der Waals surface area contributed by atoms with Crippen LogP contribution in [0.5, 0.6) is 0 Å². The first-order chi connectivity index (χ1) is 6.81. The molecule has 0 unspecified atom stereocenters. The second kappa shape index (κ2) is 3.64. The molecule has 0 atom stereocenters. The van der Waals surface area contributed by atoms with E-state index in [9.17, 15) is 4.79 Å². The highest BCUT2D eigenvalue weighted by molar-refractivity contribution is 6.28. The molecule has 2 rings (SSSR count). The third-order valence-corrected chi connectivity index (χ3v) is 1.94. The predicted octanol–water partition coefficient (Wildman–Crippen LogP) is 2.81. The Morgan fingerprint density at radius 3 is 2.64 bits per heavy atom. The van der Waals surface area contributed by atoms with Crippen LogP contribution in [0.25, 0.3) is 11.3 Å². The lowest BCUT2D eigenvalue weighted by Crippen LogP contribution is -1.83. The molecule has 0 aliphatic rings. The SMILES string of the molecule is O=Cc1nc(Cl)oc1-c1ccccc1. The Labute approximate surface area is 85.3 Å². The molecule has 0 aliphatic heterocycles. The van der Waals surface area contributed by atoms with E-state index in [0.717, 1.165) is 5.56 Å². The van der Waals surface area contributed by atoms with Gasteiger partial charge in [-0.05, 0) is 11.6 Å². The number of benzene rings is 1. The molecule has 70 valence electrons. The summed E-state index contributed by atoms with van der Waals surface area (Å²) in [6, 6.07) is 9.22. The van der Waals surface area contributed by atoms with Crippen molar-refractivity contribution in [2.45, 2.75) is 0 Å². The van der Waals surface area contributed by atoms with E-state index < -0.39 is 0 Å². The van der Waals surface area contributed by atoms with Crippen LogP contribution >= 0.6 is 11.6 Å². The van der Waals surface area contributed by atoms with Crippen molar-refractivity contribution in [2.75, 3.05) is 0 Å². The van der Waals surface area contributed by atoms with Gasteiger partial charge < -0.3 is 4.42 Å². The standard InChI is InChI=1S/C10H6ClNO2/c11-10-12-8(6-13)9(14-10)7-4-2-1-3-5-7/h1-6H. The average molecular weight is 208 g/mol. The van der Waals surface area contributed by atoms with Gasteiger partial charge in [0, 0.05) is 5.56 Å². The van der Waals surface area contributed by atoms with Gasteiger partial charge in [-0.3, -0.25) is 4.79 Å². The van der Waals surface area contributed by atoms with E-state index in [1.54, 1.807) is 0 Å². The number of aldehydes is 1. The molecule has 2 aromatic rings. The van der Waals surface area contributed by atoms with Crippen molar-refractivity contribution in [3.63, 3.8) is 0 Å². The lowest BCUT2D eigenvalue weighted by atomic mass is 10.1. The Morgan fingerprint density at radius 1 is 1.29 bits per heavy atom. The monoisotopic (exact) mass is 207 g/mol. The first-order valence-corrected chi connectivity index (χ1v) is 4.36. The van der Waals surface area contributed by atoms with Crippen LogP contribution in [-0.2, 0) is 0 Å². The molecular formula is C10H6ClNO2. The molecule has 0 saturated heterocycles. The van der Waals surface area contributed by atoms with Crippen molar-refractivity contribution in [3.8, 4) is 11.3 Å². The fourth-order valence-corrected chi connectivity index (χ4v) is 1.35. The topological polar surface area (TPSA) is 43.1 Å². The van der Waals surface area contributed by atoms with Gasteiger partial charge in [-0.25, -0.2) is 0 Å². The van der Waals surface area contributed by atoms with Crippen LogP contribution in [-0.4, -0.2) is 11.3 Å². The Morgan fingerprint density at radius 2 is 2.00 bits per heavy atom. The largest absolute Gasteiger partial charge is 0.427 e. The number of nitrogens with zero attached hydrogens (tertiary/aromatic N) is 1. The summed E-state index contributed by atoms with van der Waals surface area (Å²) in [5.74, 6) is 0.408. The Kier molecular flexibility index (Phi) is 2.33. The fraction of sp³-hybridized carbons (Fsp3) is 0. The maximum absolute atomic E-state index is 10.6. The summed E-state index contributed by atoms with van der Waals surface area (Å²) in [7, 11) is 0. The van der Waals surface area contributed by atoms with Gasteiger partial charge >= 0.3 is 0 Å². The van der Waals surface area contributed by atoms with Crippen molar-refractivity contribution < 1.29 is 9.21 Å². The quantitative estimate of drug-likeness (QED) is 0.712. The molecule has 0 fully saturated rings. The highest BCUT2D eigenvalue weighted by Gasteiger charge is 2.12. The summed E-state index contributed by atoms with van der Waals surface area (Å²) in [5.41, 5.74) is 1.01. The summed E-state index contributed by atoms with van der Waals surface area (Å²) in [6.45, 7) is 0. The zero-order chi connectivity index (χ0) is 9.97. The van der Waals surface area contributed by atoms with E-state index in [1.165, 1.54) is 0 Å². The van der Waals surface area contributed by atoms with Gasteiger partial charge in [0.15, 0.2) is 17.7 Å². The van der Waals surface area contributed by atoms with E-state index in [0.29, 0.717) is 12.0 Å². The number of hydrogen-bond acceptors (Lipinski definition) is 3. The van der Waals surface area contributed by atoms with Gasteiger partial charge in [0.1, 0.15) is 0 Å². The van der Waals surface area contributed by atoms with Gasteiger partial charge in [0.2, 0.25) is 0 Å². The molecule has 0 aliphatic carbocycles. The minimum absolute atomic E-state index is 0.0223. The van der Waals surface area contributed by atoms with Crippen molar-refractivity contribution in [2.24, 2.45) is 0 Å². The fourth-order valence-electron chi connectivity index (χ4n) is 1.18. The van der Waals surface area contributed by atoms with E-state index in [4.69, 9.17) is 16.0 Å². The maximum Gasteiger partial charge on any atom is 0.293 e. The van der Waals surface area contributed by atoms with Gasteiger partial charge in [-0.15, -0.1) is 0 Å². The van der Waals surface area contributed by atoms with Gasteiger partial charge in [0.05, 0.1) is 0 Å². The molecular weight excluding hydrogens is 202 g/mol. The summed E-state index contributed by atoms with van der Waals surface area (Å²) in [5, 5.41) is -0.0223. The summed E-state index contributed by atoms with van der Waals surface area (Å²) >= 11 is 5.56.